The number of fused-ring (bicyclic) bond motifs is 1. The van der Waals surface area contributed by atoms with E-state index >= 15 is 0 Å². The summed E-state index contributed by atoms with van der Waals surface area (Å²) in [6.45, 7) is 1.06. The van der Waals surface area contributed by atoms with Gasteiger partial charge < -0.3 is 5.32 Å². The third-order valence-corrected chi connectivity index (χ3v) is 2.31. The molecule has 0 saturated heterocycles. The summed E-state index contributed by atoms with van der Waals surface area (Å²) in [5.41, 5.74) is 2.44. The van der Waals surface area contributed by atoms with E-state index in [1.165, 1.54) is 17.7 Å². The molecule has 1 aliphatic heterocycles. The third kappa shape index (κ3) is 2.65. The van der Waals surface area contributed by atoms with E-state index in [-0.39, 0.29) is 21.1 Å². The zero-order valence-electron chi connectivity index (χ0n) is 7.22. The van der Waals surface area contributed by atoms with Gasteiger partial charge in [-0.25, -0.2) is 0 Å². The average molecular weight is 364 g/mol. The maximum absolute atomic E-state index is 5.88. The van der Waals surface area contributed by atoms with Gasteiger partial charge in [0.25, 0.3) is 0 Å². The molecule has 1 aliphatic rings. The van der Waals surface area contributed by atoms with Crippen LogP contribution in [0.3, 0.4) is 0 Å². The normalized spacial score (nSPS) is 14.2. The number of hydrogen-bond acceptors (Lipinski definition) is 1. The number of anilines is 1. The molecule has 70 valence electrons. The van der Waals surface area contributed by atoms with Crippen molar-refractivity contribution in [1.82, 2.24) is 0 Å². The molecule has 3 heteroatoms. The first-order valence-electron chi connectivity index (χ1n) is 4.23. The minimum absolute atomic E-state index is 0. The van der Waals surface area contributed by atoms with Crippen LogP contribution in [0.5, 0.6) is 0 Å². The van der Waals surface area contributed by atoms with Crippen molar-refractivity contribution in [1.29, 1.82) is 0 Å². The van der Waals surface area contributed by atoms with Gasteiger partial charge in [0.15, 0.2) is 0 Å². The zero-order valence-corrected chi connectivity index (χ0v) is 10.9. The van der Waals surface area contributed by atoms with E-state index in [0.717, 1.165) is 18.0 Å². The van der Waals surface area contributed by atoms with Gasteiger partial charge in [0.1, 0.15) is 0 Å². The summed E-state index contributed by atoms with van der Waals surface area (Å²) in [5, 5.41) is 4.18. The third-order valence-electron chi connectivity index (χ3n) is 2.07. The van der Waals surface area contributed by atoms with Gasteiger partial charge in [-0.2, -0.15) is 12.0 Å². The van der Waals surface area contributed by atoms with Crippen molar-refractivity contribution in [2.45, 2.75) is 12.8 Å². The van der Waals surface area contributed by atoms with E-state index in [1.807, 2.05) is 18.2 Å². The van der Waals surface area contributed by atoms with E-state index in [9.17, 15) is 0 Å². The van der Waals surface area contributed by atoms with Gasteiger partial charge in [-0.15, -0.1) is 6.07 Å². The standard InChI is InChI=1S/C10H11ClN.W/c11-9-4-5-10-8(7-9)3-1-2-6-12-10;/h3-5,7,12H,1-2,6H2;/q-1;. The second-order valence-electron chi connectivity index (χ2n) is 3.00. The van der Waals surface area contributed by atoms with Crippen LogP contribution in [0.25, 0.3) is 0 Å². The van der Waals surface area contributed by atoms with Crippen molar-refractivity contribution < 1.29 is 21.1 Å². The number of rotatable bonds is 0. The average Bonchev–Trinajstić information content (AvgIpc) is 2.28. The Labute approximate surface area is 98.1 Å². The molecule has 1 N–H and O–H groups in total. The van der Waals surface area contributed by atoms with Crippen LogP contribution in [-0.4, -0.2) is 6.54 Å². The van der Waals surface area contributed by atoms with E-state index in [1.54, 1.807) is 0 Å². The molecule has 1 aromatic carbocycles. The van der Waals surface area contributed by atoms with Crippen molar-refractivity contribution in [3.8, 4) is 0 Å². The molecule has 0 saturated carbocycles. The molecule has 0 fully saturated rings. The fraction of sp³-hybridized carbons (Fsp3) is 0.300. The topological polar surface area (TPSA) is 12.0 Å². The summed E-state index contributed by atoms with van der Waals surface area (Å²) in [6.07, 6.45) is 4.58. The molecular formula is C10H11ClNW-. The van der Waals surface area contributed by atoms with Crippen LogP contribution < -0.4 is 5.32 Å². The van der Waals surface area contributed by atoms with Gasteiger partial charge in [-0.1, -0.05) is 35.8 Å². The van der Waals surface area contributed by atoms with Crippen LogP contribution in [-0.2, 0) is 21.1 Å². The number of benzene rings is 1. The Morgan fingerprint density at radius 1 is 1.38 bits per heavy atom. The molecule has 1 aromatic rings. The molecule has 0 atom stereocenters. The fourth-order valence-corrected chi connectivity index (χ4v) is 1.63. The van der Waals surface area contributed by atoms with E-state index < -0.39 is 0 Å². The summed E-state index contributed by atoms with van der Waals surface area (Å²) < 4.78 is 0. The van der Waals surface area contributed by atoms with Gasteiger partial charge in [0, 0.05) is 27.6 Å². The Bertz CT molecular complexity index is 288. The maximum Gasteiger partial charge on any atom is 0.00265 e. The van der Waals surface area contributed by atoms with Crippen LogP contribution in [0, 0.1) is 6.42 Å². The van der Waals surface area contributed by atoms with Crippen molar-refractivity contribution in [2.75, 3.05) is 11.9 Å². The summed E-state index contributed by atoms with van der Waals surface area (Å²) >= 11 is 5.88. The first-order chi connectivity index (χ1) is 5.86. The van der Waals surface area contributed by atoms with Gasteiger partial charge in [-0.3, -0.25) is 0 Å². The Kier molecular flexibility index (Phi) is 4.15. The van der Waals surface area contributed by atoms with Crippen LogP contribution in [0.15, 0.2) is 18.2 Å². The van der Waals surface area contributed by atoms with Crippen LogP contribution in [0.2, 0.25) is 5.02 Å². The van der Waals surface area contributed by atoms with Crippen molar-refractivity contribution in [2.24, 2.45) is 0 Å². The molecule has 2 rings (SSSR count). The van der Waals surface area contributed by atoms with Crippen molar-refractivity contribution in [3.05, 3.63) is 35.2 Å². The SMILES string of the molecule is Clc1ccc2c(c1)[CH-]CCCN2.[W]. The van der Waals surface area contributed by atoms with Crippen LogP contribution in [0.4, 0.5) is 5.69 Å². The predicted molar refractivity (Wildman–Crippen MR) is 52.6 cm³/mol. The Balaban J connectivity index is 0.000000845. The first kappa shape index (κ1) is 10.9. The number of nitrogens with one attached hydrogen (secondary N) is 1. The maximum atomic E-state index is 5.88. The fourth-order valence-electron chi connectivity index (χ4n) is 1.45. The predicted octanol–water partition coefficient (Wildman–Crippen LogP) is 3.10. The van der Waals surface area contributed by atoms with Gasteiger partial charge in [-0.05, 0) is 11.4 Å². The minimum Gasteiger partial charge on any atom is -0.436 e. The van der Waals surface area contributed by atoms with Gasteiger partial charge >= 0.3 is 0 Å². The van der Waals surface area contributed by atoms with E-state index in [0.29, 0.717) is 0 Å². The minimum atomic E-state index is 0. The number of halogens is 1. The van der Waals surface area contributed by atoms with Crippen molar-refractivity contribution >= 4 is 17.3 Å². The smallest absolute Gasteiger partial charge is 0.00265 e. The zero-order chi connectivity index (χ0) is 8.39. The summed E-state index contributed by atoms with van der Waals surface area (Å²) in [5.74, 6) is 0. The van der Waals surface area contributed by atoms with Gasteiger partial charge in [0.2, 0.25) is 0 Å². The molecule has 0 spiro atoms. The first-order valence-corrected chi connectivity index (χ1v) is 4.61. The van der Waals surface area contributed by atoms with E-state index in [2.05, 4.69) is 11.7 Å². The molecule has 0 aliphatic carbocycles. The van der Waals surface area contributed by atoms with E-state index in [4.69, 9.17) is 11.6 Å². The molecule has 0 amide bonds. The monoisotopic (exact) mass is 364 g/mol. The second kappa shape index (κ2) is 4.93. The number of hydrogen-bond donors (Lipinski definition) is 1. The molecule has 0 radical (unpaired) electrons. The quantitative estimate of drug-likeness (QED) is 0.698. The second-order valence-corrected chi connectivity index (χ2v) is 3.44. The molecule has 1 heterocycles. The van der Waals surface area contributed by atoms with Crippen molar-refractivity contribution in [3.63, 3.8) is 0 Å². The van der Waals surface area contributed by atoms with Crippen LogP contribution >= 0.6 is 11.6 Å². The van der Waals surface area contributed by atoms with Crippen LogP contribution in [0.1, 0.15) is 18.4 Å². The Hall–Kier alpha value is -0.132. The molecule has 0 unspecified atom stereocenters. The Morgan fingerprint density at radius 3 is 3.08 bits per heavy atom. The molecule has 13 heavy (non-hydrogen) atoms. The molecule has 0 aromatic heterocycles. The summed E-state index contributed by atoms with van der Waals surface area (Å²) in [6, 6.07) is 5.97. The molecule has 1 nitrogen and oxygen atoms in total. The molecular weight excluding hydrogens is 353 g/mol. The summed E-state index contributed by atoms with van der Waals surface area (Å²) in [7, 11) is 0. The summed E-state index contributed by atoms with van der Waals surface area (Å²) in [4.78, 5) is 0. The molecule has 0 bridgehead atoms. The largest absolute Gasteiger partial charge is 0.436 e. The van der Waals surface area contributed by atoms with Gasteiger partial charge in [0.05, 0.1) is 0 Å². The Morgan fingerprint density at radius 2 is 2.23 bits per heavy atom.